The van der Waals surface area contributed by atoms with Crippen molar-refractivity contribution >= 4 is 22.2 Å². The largest absolute Gasteiger partial charge is 0.377 e. The lowest BCUT2D eigenvalue weighted by Gasteiger charge is -2.32. The van der Waals surface area contributed by atoms with Gasteiger partial charge in [-0.1, -0.05) is 17.7 Å². The van der Waals surface area contributed by atoms with Gasteiger partial charge in [0.25, 0.3) is 5.56 Å². The molecule has 0 radical (unpaired) electrons. The number of fused-ring (bicyclic) bond motifs is 1. The molecule has 3 atom stereocenters. The van der Waals surface area contributed by atoms with E-state index >= 15 is 0 Å². The monoisotopic (exact) mass is 520 g/mol. The first-order valence-corrected chi connectivity index (χ1v) is 13.9. The molecule has 2 saturated heterocycles. The molecule has 1 aromatic carbocycles. The Labute approximate surface area is 219 Å². The Hall–Kier alpha value is -2.92. The minimum atomic E-state index is -0.448. The Bertz CT molecular complexity index is 1390. The van der Waals surface area contributed by atoms with E-state index in [1.165, 1.54) is 4.88 Å². The Kier molecular flexibility index (Phi) is 7.14. The maximum Gasteiger partial charge on any atom is 0.253 e. The summed E-state index contributed by atoms with van der Waals surface area (Å²) in [6, 6.07) is 11.8. The predicted molar refractivity (Wildman–Crippen MR) is 142 cm³/mol. The Morgan fingerprint density at radius 3 is 2.76 bits per heavy atom. The zero-order chi connectivity index (χ0) is 25.2. The van der Waals surface area contributed by atoms with Gasteiger partial charge in [-0.15, -0.1) is 16.4 Å². The second-order valence-corrected chi connectivity index (χ2v) is 11.1. The van der Waals surface area contributed by atoms with Crippen molar-refractivity contribution in [3.63, 3.8) is 0 Å². The zero-order valence-electron chi connectivity index (χ0n) is 21.0. The van der Waals surface area contributed by atoms with E-state index in [-0.39, 0.29) is 17.8 Å². The highest BCUT2D eigenvalue weighted by molar-refractivity contribution is 7.09. The standard InChI is InChI=1S/C27H32N6O3S/c1-18-8-9-24-19(13-18)14-23(27(34)28-24)25(26-29-30-31-33(26)16-21-6-3-11-36-21)32(15-20-5-2-10-35-20)17-22-7-4-12-37-22/h4,7-9,12-14,20-21,25H,2-3,5-6,10-11,15-17H2,1H3,(H,28,34)/t20-,21+,25+/m0/s1. The van der Waals surface area contributed by atoms with E-state index in [9.17, 15) is 4.79 Å². The van der Waals surface area contributed by atoms with Gasteiger partial charge in [-0.2, -0.15) is 0 Å². The van der Waals surface area contributed by atoms with Crippen molar-refractivity contribution in [2.45, 2.75) is 63.9 Å². The minimum absolute atomic E-state index is 0.0735. The summed E-state index contributed by atoms with van der Waals surface area (Å²) in [4.78, 5) is 20.3. The van der Waals surface area contributed by atoms with Crippen molar-refractivity contribution in [3.05, 3.63) is 74.0 Å². The van der Waals surface area contributed by atoms with Gasteiger partial charge in [-0.05, 0) is 78.1 Å². The van der Waals surface area contributed by atoms with Crippen LogP contribution in [0.5, 0.6) is 0 Å². The van der Waals surface area contributed by atoms with E-state index in [4.69, 9.17) is 9.47 Å². The molecular formula is C27H32N6O3S. The molecule has 2 aliphatic rings. The van der Waals surface area contributed by atoms with Gasteiger partial charge >= 0.3 is 0 Å². The molecule has 0 amide bonds. The van der Waals surface area contributed by atoms with E-state index in [2.05, 4.69) is 55.9 Å². The number of H-pyrrole nitrogens is 1. The molecule has 9 nitrogen and oxygen atoms in total. The van der Waals surface area contributed by atoms with Crippen molar-refractivity contribution < 1.29 is 9.47 Å². The molecule has 0 saturated carbocycles. The average molecular weight is 521 g/mol. The third-order valence-electron chi connectivity index (χ3n) is 7.29. The number of tetrazole rings is 1. The van der Waals surface area contributed by atoms with Crippen LogP contribution in [-0.2, 0) is 22.6 Å². The summed E-state index contributed by atoms with van der Waals surface area (Å²) in [5.74, 6) is 0.655. The van der Waals surface area contributed by atoms with Crippen molar-refractivity contribution in [3.8, 4) is 0 Å². The molecule has 6 rings (SSSR count). The fraction of sp³-hybridized carbons (Fsp3) is 0.481. The van der Waals surface area contributed by atoms with Gasteiger partial charge in [-0.3, -0.25) is 9.69 Å². The number of benzene rings is 1. The number of thiophene rings is 1. The van der Waals surface area contributed by atoms with Crippen LogP contribution in [0.4, 0.5) is 0 Å². The number of pyridine rings is 1. The molecule has 194 valence electrons. The first kappa shape index (κ1) is 24.4. The van der Waals surface area contributed by atoms with Crippen LogP contribution in [0, 0.1) is 6.92 Å². The summed E-state index contributed by atoms with van der Waals surface area (Å²) in [6.07, 6.45) is 4.25. The molecule has 0 unspecified atom stereocenters. The van der Waals surface area contributed by atoms with Gasteiger partial charge in [0.05, 0.1) is 18.8 Å². The molecule has 10 heteroatoms. The lowest BCUT2D eigenvalue weighted by atomic mass is 10.0. The molecule has 0 spiro atoms. The minimum Gasteiger partial charge on any atom is -0.377 e. The molecule has 3 aromatic heterocycles. The lowest BCUT2D eigenvalue weighted by molar-refractivity contribution is 0.0559. The third kappa shape index (κ3) is 5.38. The van der Waals surface area contributed by atoms with Gasteiger partial charge in [-0.25, -0.2) is 4.68 Å². The SMILES string of the molecule is Cc1ccc2[nH]c(=O)c([C@H](c3nnnn3C[C@H]3CCCO3)N(Cc3cccs3)C[C@@H]3CCCO3)cc2c1. The van der Waals surface area contributed by atoms with Crippen molar-refractivity contribution in [1.29, 1.82) is 0 Å². The number of hydrogen-bond donors (Lipinski definition) is 1. The van der Waals surface area contributed by atoms with Gasteiger partial charge in [0.2, 0.25) is 0 Å². The molecule has 5 heterocycles. The van der Waals surface area contributed by atoms with E-state index < -0.39 is 6.04 Å². The Morgan fingerprint density at radius 2 is 2.00 bits per heavy atom. The highest BCUT2D eigenvalue weighted by Gasteiger charge is 2.34. The summed E-state index contributed by atoms with van der Waals surface area (Å²) in [5, 5.41) is 16.0. The number of aromatic amines is 1. The van der Waals surface area contributed by atoms with Crippen molar-refractivity contribution in [2.75, 3.05) is 19.8 Å². The maximum atomic E-state index is 13.6. The number of aryl methyl sites for hydroxylation is 1. The number of ether oxygens (including phenoxy) is 2. The highest BCUT2D eigenvalue weighted by Crippen LogP contribution is 2.31. The summed E-state index contributed by atoms with van der Waals surface area (Å²) in [6.45, 7) is 5.51. The van der Waals surface area contributed by atoms with Gasteiger partial charge in [0, 0.05) is 42.3 Å². The van der Waals surface area contributed by atoms with Crippen LogP contribution in [0.15, 0.2) is 46.6 Å². The normalized spacial score (nSPS) is 20.8. The van der Waals surface area contributed by atoms with Crippen molar-refractivity contribution in [2.24, 2.45) is 0 Å². The van der Waals surface area contributed by atoms with Crippen LogP contribution in [0.3, 0.4) is 0 Å². The first-order valence-electron chi connectivity index (χ1n) is 13.0. The second kappa shape index (κ2) is 10.8. The maximum absolute atomic E-state index is 13.6. The first-order chi connectivity index (χ1) is 18.1. The van der Waals surface area contributed by atoms with Crippen LogP contribution >= 0.6 is 11.3 Å². The summed E-state index contributed by atoms with van der Waals surface area (Å²) in [7, 11) is 0. The van der Waals surface area contributed by atoms with E-state index in [0.29, 0.717) is 31.0 Å². The quantitative estimate of drug-likeness (QED) is 0.358. The van der Waals surface area contributed by atoms with Crippen LogP contribution in [-0.4, -0.2) is 62.1 Å². The molecule has 2 fully saturated rings. The number of nitrogens with zero attached hydrogens (tertiary/aromatic N) is 5. The average Bonchev–Trinajstić information content (AvgIpc) is 3.70. The molecule has 0 bridgehead atoms. The predicted octanol–water partition coefficient (Wildman–Crippen LogP) is 3.83. The van der Waals surface area contributed by atoms with E-state index in [0.717, 1.165) is 55.4 Å². The molecular weight excluding hydrogens is 488 g/mol. The molecule has 4 aromatic rings. The van der Waals surface area contributed by atoms with Crippen LogP contribution in [0.2, 0.25) is 0 Å². The Morgan fingerprint density at radius 1 is 1.16 bits per heavy atom. The van der Waals surface area contributed by atoms with Gasteiger partial charge in [0.15, 0.2) is 5.82 Å². The molecule has 37 heavy (non-hydrogen) atoms. The summed E-state index contributed by atoms with van der Waals surface area (Å²) in [5.41, 5.74) is 2.47. The van der Waals surface area contributed by atoms with Gasteiger partial charge < -0.3 is 14.5 Å². The smallest absolute Gasteiger partial charge is 0.253 e. The number of nitrogens with one attached hydrogen (secondary N) is 1. The highest BCUT2D eigenvalue weighted by atomic mass is 32.1. The van der Waals surface area contributed by atoms with Crippen LogP contribution < -0.4 is 5.56 Å². The summed E-state index contributed by atoms with van der Waals surface area (Å²) >= 11 is 1.71. The third-order valence-corrected chi connectivity index (χ3v) is 8.16. The number of hydrogen-bond acceptors (Lipinski definition) is 8. The fourth-order valence-corrected chi connectivity index (χ4v) is 6.21. The van der Waals surface area contributed by atoms with Crippen LogP contribution in [0.25, 0.3) is 10.9 Å². The molecule has 0 aliphatic carbocycles. The van der Waals surface area contributed by atoms with E-state index in [1.54, 1.807) is 11.3 Å². The number of aromatic nitrogens is 5. The molecule has 1 N–H and O–H groups in total. The van der Waals surface area contributed by atoms with Crippen LogP contribution in [0.1, 0.15) is 53.6 Å². The van der Waals surface area contributed by atoms with Crippen molar-refractivity contribution in [1.82, 2.24) is 30.1 Å². The van der Waals surface area contributed by atoms with E-state index in [1.807, 2.05) is 22.9 Å². The summed E-state index contributed by atoms with van der Waals surface area (Å²) < 4.78 is 13.8. The van der Waals surface area contributed by atoms with Gasteiger partial charge in [0.1, 0.15) is 6.04 Å². The lowest BCUT2D eigenvalue weighted by Crippen LogP contribution is -2.39. The zero-order valence-corrected chi connectivity index (χ0v) is 21.8. The molecule has 2 aliphatic heterocycles. The topological polar surface area (TPSA) is 98.2 Å². The Balaban J connectivity index is 1.47. The number of rotatable bonds is 9. The second-order valence-electron chi connectivity index (χ2n) is 10.0. The fourth-order valence-electron chi connectivity index (χ4n) is 5.48.